The molecule has 0 aliphatic carbocycles. The number of hydrogen-bond donors (Lipinski definition) is 1. The first-order valence-electron chi connectivity index (χ1n) is 6.02. The Balaban J connectivity index is 0.00000162. The van der Waals surface area contributed by atoms with Crippen LogP contribution in [0.15, 0.2) is 28.7 Å². The highest BCUT2D eigenvalue weighted by atomic mass is 79.9. The molecule has 2 rings (SSSR count). The van der Waals surface area contributed by atoms with Crippen molar-refractivity contribution in [2.45, 2.75) is 19.1 Å². The van der Waals surface area contributed by atoms with Crippen molar-refractivity contribution in [2.75, 3.05) is 26.2 Å². The maximum atomic E-state index is 5.67. The number of benzene rings is 1. The molecule has 2 unspecified atom stereocenters. The van der Waals surface area contributed by atoms with E-state index in [1.54, 1.807) is 0 Å². The summed E-state index contributed by atoms with van der Waals surface area (Å²) in [5, 5.41) is 0. The molecule has 102 valence electrons. The number of rotatable bonds is 3. The molecule has 0 spiro atoms. The van der Waals surface area contributed by atoms with Gasteiger partial charge in [-0.2, -0.15) is 0 Å². The molecule has 0 bridgehead atoms. The van der Waals surface area contributed by atoms with Crippen LogP contribution in [0.1, 0.15) is 18.5 Å². The molecule has 0 aromatic heterocycles. The minimum Gasteiger partial charge on any atom is -0.374 e. The zero-order valence-corrected chi connectivity index (χ0v) is 12.9. The number of ether oxygens (including phenoxy) is 1. The standard InChI is InChI=1S/C13H19BrN2O.ClH/c1-10(11-2-4-12(14)5-3-11)16-6-7-17-13(8-15)9-16;/h2-5,10,13H,6-9,15H2,1H3;1H. The largest absolute Gasteiger partial charge is 0.374 e. The maximum Gasteiger partial charge on any atom is 0.0824 e. The van der Waals surface area contributed by atoms with Crippen LogP contribution in [-0.2, 0) is 4.74 Å². The fourth-order valence-electron chi connectivity index (χ4n) is 2.19. The smallest absolute Gasteiger partial charge is 0.0824 e. The fourth-order valence-corrected chi connectivity index (χ4v) is 2.45. The Kier molecular flexibility index (Phi) is 6.60. The van der Waals surface area contributed by atoms with Crippen LogP contribution in [0.3, 0.4) is 0 Å². The summed E-state index contributed by atoms with van der Waals surface area (Å²) < 4.78 is 6.71. The molecular weight excluding hydrogens is 316 g/mol. The Morgan fingerprint density at radius 3 is 2.72 bits per heavy atom. The van der Waals surface area contributed by atoms with Gasteiger partial charge in [0.05, 0.1) is 12.7 Å². The van der Waals surface area contributed by atoms with E-state index < -0.39 is 0 Å². The molecule has 3 nitrogen and oxygen atoms in total. The van der Waals surface area contributed by atoms with Crippen molar-refractivity contribution in [1.82, 2.24) is 4.90 Å². The first kappa shape index (κ1) is 15.9. The van der Waals surface area contributed by atoms with Gasteiger partial charge in [-0.05, 0) is 24.6 Å². The third-order valence-electron chi connectivity index (χ3n) is 3.33. The third-order valence-corrected chi connectivity index (χ3v) is 3.86. The Bertz CT molecular complexity index is 361. The monoisotopic (exact) mass is 334 g/mol. The zero-order chi connectivity index (χ0) is 12.3. The lowest BCUT2D eigenvalue weighted by molar-refractivity contribution is -0.0364. The van der Waals surface area contributed by atoms with Crippen molar-refractivity contribution >= 4 is 28.3 Å². The minimum absolute atomic E-state index is 0. The second-order valence-corrected chi connectivity index (χ2v) is 5.37. The van der Waals surface area contributed by atoms with Crippen LogP contribution in [0.4, 0.5) is 0 Å². The Labute approximate surface area is 123 Å². The van der Waals surface area contributed by atoms with Gasteiger partial charge in [-0.25, -0.2) is 0 Å². The third kappa shape index (κ3) is 3.93. The van der Waals surface area contributed by atoms with Gasteiger partial charge in [-0.1, -0.05) is 28.1 Å². The van der Waals surface area contributed by atoms with E-state index in [2.05, 4.69) is 52.0 Å². The molecule has 18 heavy (non-hydrogen) atoms. The molecule has 0 amide bonds. The van der Waals surface area contributed by atoms with Crippen molar-refractivity contribution in [3.05, 3.63) is 34.3 Å². The molecule has 0 radical (unpaired) electrons. The zero-order valence-electron chi connectivity index (χ0n) is 10.5. The second kappa shape index (κ2) is 7.46. The summed E-state index contributed by atoms with van der Waals surface area (Å²) in [7, 11) is 0. The number of nitrogens with two attached hydrogens (primary N) is 1. The van der Waals surface area contributed by atoms with Gasteiger partial charge < -0.3 is 10.5 Å². The van der Waals surface area contributed by atoms with Gasteiger partial charge in [0, 0.05) is 30.1 Å². The highest BCUT2D eigenvalue weighted by molar-refractivity contribution is 9.10. The summed E-state index contributed by atoms with van der Waals surface area (Å²) in [6.45, 7) is 5.52. The van der Waals surface area contributed by atoms with Crippen molar-refractivity contribution in [1.29, 1.82) is 0 Å². The van der Waals surface area contributed by atoms with Crippen LogP contribution >= 0.6 is 28.3 Å². The average Bonchev–Trinajstić information content (AvgIpc) is 2.39. The highest BCUT2D eigenvalue weighted by Gasteiger charge is 2.23. The Hall–Kier alpha value is -0.130. The van der Waals surface area contributed by atoms with E-state index in [-0.39, 0.29) is 18.5 Å². The SMILES string of the molecule is CC(c1ccc(Br)cc1)N1CCOC(CN)C1.Cl. The molecule has 1 aliphatic heterocycles. The van der Waals surface area contributed by atoms with Gasteiger partial charge >= 0.3 is 0 Å². The lowest BCUT2D eigenvalue weighted by atomic mass is 10.1. The van der Waals surface area contributed by atoms with E-state index >= 15 is 0 Å². The molecule has 0 saturated carbocycles. The summed E-state index contributed by atoms with van der Waals surface area (Å²) in [6.07, 6.45) is 0.182. The minimum atomic E-state index is 0. The molecule has 2 atom stereocenters. The number of morpholine rings is 1. The van der Waals surface area contributed by atoms with Crippen molar-refractivity contribution in [3.8, 4) is 0 Å². The van der Waals surface area contributed by atoms with Gasteiger partial charge in [0.2, 0.25) is 0 Å². The first-order valence-corrected chi connectivity index (χ1v) is 6.81. The normalized spacial score (nSPS) is 22.3. The molecule has 1 aromatic rings. The predicted octanol–water partition coefficient (Wildman–Crippen LogP) is 2.59. The number of hydrogen-bond acceptors (Lipinski definition) is 3. The summed E-state index contributed by atoms with van der Waals surface area (Å²) in [5.74, 6) is 0. The van der Waals surface area contributed by atoms with E-state index in [1.807, 2.05) is 0 Å². The van der Waals surface area contributed by atoms with E-state index in [0.29, 0.717) is 12.6 Å². The van der Waals surface area contributed by atoms with Crippen LogP contribution in [-0.4, -0.2) is 37.2 Å². The summed E-state index contributed by atoms with van der Waals surface area (Å²) in [5.41, 5.74) is 7.01. The van der Waals surface area contributed by atoms with Crippen LogP contribution < -0.4 is 5.73 Å². The van der Waals surface area contributed by atoms with Crippen LogP contribution in [0.5, 0.6) is 0 Å². The van der Waals surface area contributed by atoms with Gasteiger partial charge in [-0.15, -0.1) is 12.4 Å². The lowest BCUT2D eigenvalue weighted by Gasteiger charge is -2.36. The maximum absolute atomic E-state index is 5.67. The van der Waals surface area contributed by atoms with E-state index in [1.165, 1.54) is 5.56 Å². The van der Waals surface area contributed by atoms with Gasteiger partial charge in [0.25, 0.3) is 0 Å². The molecule has 1 fully saturated rings. The quantitative estimate of drug-likeness (QED) is 0.923. The molecular formula is C13H20BrClN2O. The predicted molar refractivity (Wildman–Crippen MR) is 80.2 cm³/mol. The van der Waals surface area contributed by atoms with Crippen LogP contribution in [0.2, 0.25) is 0 Å². The Morgan fingerprint density at radius 2 is 2.11 bits per heavy atom. The number of nitrogens with zero attached hydrogens (tertiary/aromatic N) is 1. The van der Waals surface area contributed by atoms with Crippen molar-refractivity contribution in [3.63, 3.8) is 0 Å². The van der Waals surface area contributed by atoms with Crippen molar-refractivity contribution < 1.29 is 4.74 Å². The molecule has 1 saturated heterocycles. The summed E-state index contributed by atoms with van der Waals surface area (Å²) in [4.78, 5) is 2.43. The topological polar surface area (TPSA) is 38.5 Å². The molecule has 1 heterocycles. The van der Waals surface area contributed by atoms with Crippen LogP contribution in [0.25, 0.3) is 0 Å². The molecule has 5 heteroatoms. The lowest BCUT2D eigenvalue weighted by Crippen LogP contribution is -2.46. The molecule has 1 aliphatic rings. The van der Waals surface area contributed by atoms with Crippen LogP contribution in [0, 0.1) is 0 Å². The number of halogens is 2. The summed E-state index contributed by atoms with van der Waals surface area (Å²) >= 11 is 3.46. The Morgan fingerprint density at radius 1 is 1.44 bits per heavy atom. The molecule has 1 aromatic carbocycles. The fraction of sp³-hybridized carbons (Fsp3) is 0.538. The van der Waals surface area contributed by atoms with E-state index in [4.69, 9.17) is 10.5 Å². The highest BCUT2D eigenvalue weighted by Crippen LogP contribution is 2.23. The first-order chi connectivity index (χ1) is 8.20. The van der Waals surface area contributed by atoms with Gasteiger partial charge in [0.15, 0.2) is 0 Å². The van der Waals surface area contributed by atoms with Gasteiger partial charge in [0.1, 0.15) is 0 Å². The van der Waals surface area contributed by atoms with Crippen molar-refractivity contribution in [2.24, 2.45) is 5.73 Å². The second-order valence-electron chi connectivity index (χ2n) is 4.45. The van der Waals surface area contributed by atoms with E-state index in [9.17, 15) is 0 Å². The summed E-state index contributed by atoms with van der Waals surface area (Å²) in [6, 6.07) is 8.93. The average molecular weight is 336 g/mol. The van der Waals surface area contributed by atoms with E-state index in [0.717, 1.165) is 24.2 Å². The molecule has 2 N–H and O–H groups in total. The van der Waals surface area contributed by atoms with Gasteiger partial charge in [-0.3, -0.25) is 4.90 Å².